The molecule has 0 saturated heterocycles. The van der Waals surface area contributed by atoms with Crippen molar-refractivity contribution in [1.82, 2.24) is 20.2 Å². The van der Waals surface area contributed by atoms with Crippen LogP contribution in [0.3, 0.4) is 0 Å². The van der Waals surface area contributed by atoms with E-state index >= 15 is 0 Å². The summed E-state index contributed by atoms with van der Waals surface area (Å²) in [4.78, 5) is 1.17. The van der Waals surface area contributed by atoms with Crippen molar-refractivity contribution < 1.29 is 0 Å². The predicted molar refractivity (Wildman–Crippen MR) is 65.2 cm³/mol. The van der Waals surface area contributed by atoms with Crippen LogP contribution in [0.2, 0.25) is 0 Å². The van der Waals surface area contributed by atoms with E-state index in [0.29, 0.717) is 5.82 Å². The molecule has 84 valence electrons. The second kappa shape index (κ2) is 4.84. The summed E-state index contributed by atoms with van der Waals surface area (Å²) in [7, 11) is 0. The average Bonchev–Trinajstić information content (AvgIpc) is 2.78. The van der Waals surface area contributed by atoms with E-state index in [0.717, 1.165) is 5.69 Å². The maximum Gasteiger partial charge on any atom is 0.174 e. The lowest BCUT2D eigenvalue weighted by Crippen LogP contribution is -2.03. The Labute approximate surface area is 103 Å². The van der Waals surface area contributed by atoms with Gasteiger partial charge in [-0.25, -0.2) is 0 Å². The smallest absolute Gasteiger partial charge is 0.174 e. The summed E-state index contributed by atoms with van der Waals surface area (Å²) < 4.78 is 1.66. The molecule has 0 aliphatic carbocycles. The Balaban J connectivity index is 2.46. The summed E-state index contributed by atoms with van der Waals surface area (Å²) in [5.74, 6) is 0.653. The third-order valence-corrected chi connectivity index (χ3v) is 3.07. The van der Waals surface area contributed by atoms with Crippen LogP contribution in [0.5, 0.6) is 0 Å². The van der Waals surface area contributed by atoms with E-state index in [-0.39, 0.29) is 5.38 Å². The van der Waals surface area contributed by atoms with Crippen molar-refractivity contribution in [2.45, 2.75) is 17.2 Å². The topological polar surface area (TPSA) is 43.6 Å². The van der Waals surface area contributed by atoms with Crippen LogP contribution in [0.25, 0.3) is 5.69 Å². The van der Waals surface area contributed by atoms with Gasteiger partial charge < -0.3 is 0 Å². The average molecular weight is 255 g/mol. The molecule has 0 aliphatic rings. The molecule has 2 rings (SSSR count). The lowest BCUT2D eigenvalue weighted by Gasteiger charge is -2.06. The highest BCUT2D eigenvalue weighted by atomic mass is 35.5. The molecular weight excluding hydrogens is 244 g/mol. The molecule has 0 saturated carbocycles. The molecule has 0 radical (unpaired) electrons. The first-order chi connectivity index (χ1) is 7.72. The van der Waals surface area contributed by atoms with Gasteiger partial charge in [-0.15, -0.1) is 28.5 Å². The monoisotopic (exact) mass is 254 g/mol. The van der Waals surface area contributed by atoms with Gasteiger partial charge in [-0.3, -0.25) is 0 Å². The molecular formula is C10H11ClN4S. The Morgan fingerprint density at radius 1 is 1.44 bits per heavy atom. The normalized spacial score (nSPS) is 12.7. The van der Waals surface area contributed by atoms with Gasteiger partial charge in [0.05, 0.1) is 11.1 Å². The van der Waals surface area contributed by atoms with Crippen LogP contribution < -0.4 is 0 Å². The van der Waals surface area contributed by atoms with E-state index < -0.39 is 0 Å². The lowest BCUT2D eigenvalue weighted by atomic mass is 10.3. The third kappa shape index (κ3) is 2.20. The molecule has 2 aromatic rings. The second-order valence-corrected chi connectivity index (χ2v) is 4.80. The number of hydrogen-bond acceptors (Lipinski definition) is 4. The molecule has 1 heterocycles. The first kappa shape index (κ1) is 11.4. The maximum atomic E-state index is 6.00. The number of thioether (sulfide) groups is 1. The van der Waals surface area contributed by atoms with Gasteiger partial charge in [0, 0.05) is 4.90 Å². The van der Waals surface area contributed by atoms with Crippen LogP contribution in [-0.4, -0.2) is 26.5 Å². The van der Waals surface area contributed by atoms with Gasteiger partial charge in [-0.05, 0) is 41.8 Å². The summed E-state index contributed by atoms with van der Waals surface area (Å²) in [5.41, 5.74) is 0.930. The van der Waals surface area contributed by atoms with Gasteiger partial charge in [0.15, 0.2) is 5.82 Å². The molecule has 4 nitrogen and oxygen atoms in total. The fraction of sp³-hybridized carbons (Fsp3) is 0.300. The first-order valence-corrected chi connectivity index (χ1v) is 6.45. The van der Waals surface area contributed by atoms with Crippen molar-refractivity contribution in [3.63, 3.8) is 0 Å². The molecule has 16 heavy (non-hydrogen) atoms. The molecule has 1 aromatic carbocycles. The highest BCUT2D eigenvalue weighted by molar-refractivity contribution is 7.98. The Morgan fingerprint density at radius 2 is 2.25 bits per heavy atom. The highest BCUT2D eigenvalue weighted by Gasteiger charge is 2.13. The molecule has 0 bridgehead atoms. The molecule has 0 aliphatic heterocycles. The van der Waals surface area contributed by atoms with Crippen molar-refractivity contribution in [3.8, 4) is 5.69 Å². The Hall–Kier alpha value is -1.07. The zero-order chi connectivity index (χ0) is 11.5. The summed E-state index contributed by atoms with van der Waals surface area (Å²) >= 11 is 7.68. The SMILES string of the molecule is CSc1cccc(-n2nnnc2C(C)Cl)c1. The van der Waals surface area contributed by atoms with E-state index in [1.54, 1.807) is 16.4 Å². The van der Waals surface area contributed by atoms with Crippen molar-refractivity contribution in [2.24, 2.45) is 0 Å². The van der Waals surface area contributed by atoms with Gasteiger partial charge in [-0.2, -0.15) is 4.68 Å². The number of nitrogens with zero attached hydrogens (tertiary/aromatic N) is 4. The van der Waals surface area contributed by atoms with Crippen LogP contribution in [0, 0.1) is 0 Å². The molecule has 1 aromatic heterocycles. The van der Waals surface area contributed by atoms with Gasteiger partial charge in [0.25, 0.3) is 0 Å². The largest absolute Gasteiger partial charge is 0.196 e. The molecule has 0 spiro atoms. The number of alkyl halides is 1. The van der Waals surface area contributed by atoms with Crippen LogP contribution >= 0.6 is 23.4 Å². The number of halogens is 1. The minimum atomic E-state index is -0.215. The van der Waals surface area contributed by atoms with Crippen LogP contribution in [0.4, 0.5) is 0 Å². The minimum Gasteiger partial charge on any atom is -0.196 e. The summed E-state index contributed by atoms with van der Waals surface area (Å²) in [5, 5.41) is 11.3. The quantitative estimate of drug-likeness (QED) is 0.624. The fourth-order valence-electron chi connectivity index (χ4n) is 1.37. The van der Waals surface area contributed by atoms with Crippen molar-refractivity contribution in [2.75, 3.05) is 6.26 Å². The Kier molecular flexibility index (Phi) is 3.46. The Morgan fingerprint density at radius 3 is 2.94 bits per heavy atom. The number of aromatic nitrogens is 4. The number of benzene rings is 1. The number of tetrazole rings is 1. The van der Waals surface area contributed by atoms with Crippen molar-refractivity contribution >= 4 is 23.4 Å². The Bertz CT molecular complexity index is 483. The van der Waals surface area contributed by atoms with E-state index in [4.69, 9.17) is 11.6 Å². The lowest BCUT2D eigenvalue weighted by molar-refractivity contribution is 0.759. The summed E-state index contributed by atoms with van der Waals surface area (Å²) in [6, 6.07) is 8.01. The van der Waals surface area contributed by atoms with Crippen LogP contribution in [-0.2, 0) is 0 Å². The van der Waals surface area contributed by atoms with Gasteiger partial charge >= 0.3 is 0 Å². The molecule has 0 N–H and O–H groups in total. The zero-order valence-electron chi connectivity index (χ0n) is 8.96. The zero-order valence-corrected chi connectivity index (χ0v) is 10.5. The fourth-order valence-corrected chi connectivity index (χ4v) is 1.96. The third-order valence-electron chi connectivity index (χ3n) is 2.15. The summed E-state index contributed by atoms with van der Waals surface area (Å²) in [6.45, 7) is 1.85. The van der Waals surface area contributed by atoms with Gasteiger partial charge in [0.2, 0.25) is 0 Å². The molecule has 6 heteroatoms. The molecule has 1 atom stereocenters. The van der Waals surface area contributed by atoms with Gasteiger partial charge in [-0.1, -0.05) is 6.07 Å². The summed E-state index contributed by atoms with van der Waals surface area (Å²) in [6.07, 6.45) is 2.03. The molecule has 0 fully saturated rings. The second-order valence-electron chi connectivity index (χ2n) is 3.27. The van der Waals surface area contributed by atoms with Crippen molar-refractivity contribution in [1.29, 1.82) is 0 Å². The minimum absolute atomic E-state index is 0.215. The van der Waals surface area contributed by atoms with Crippen molar-refractivity contribution in [3.05, 3.63) is 30.1 Å². The van der Waals surface area contributed by atoms with E-state index in [1.165, 1.54) is 4.90 Å². The van der Waals surface area contributed by atoms with Crippen LogP contribution in [0.1, 0.15) is 18.1 Å². The number of rotatable bonds is 3. The first-order valence-electron chi connectivity index (χ1n) is 4.79. The van der Waals surface area contributed by atoms with E-state index in [2.05, 4.69) is 15.5 Å². The number of hydrogen-bond donors (Lipinski definition) is 0. The van der Waals surface area contributed by atoms with E-state index in [1.807, 2.05) is 37.4 Å². The molecule has 0 amide bonds. The maximum absolute atomic E-state index is 6.00. The van der Waals surface area contributed by atoms with E-state index in [9.17, 15) is 0 Å². The molecule has 1 unspecified atom stereocenters. The highest BCUT2D eigenvalue weighted by Crippen LogP contribution is 2.22. The van der Waals surface area contributed by atoms with Crippen LogP contribution in [0.15, 0.2) is 29.2 Å². The van der Waals surface area contributed by atoms with Gasteiger partial charge in [0.1, 0.15) is 0 Å². The predicted octanol–water partition coefficient (Wildman–Crippen LogP) is 2.68. The standard InChI is InChI=1S/C10H11ClN4S/c1-7(11)10-12-13-14-15(10)8-4-3-5-9(6-8)16-2/h3-7H,1-2H3.